The third-order valence-corrected chi connectivity index (χ3v) is 5.98. The van der Waals surface area contributed by atoms with Crippen LogP contribution in [0.5, 0.6) is 0 Å². The Labute approximate surface area is 171 Å². The number of rotatable bonds is 5. The predicted molar refractivity (Wildman–Crippen MR) is 112 cm³/mol. The van der Waals surface area contributed by atoms with E-state index in [0.717, 1.165) is 37.6 Å². The van der Waals surface area contributed by atoms with Gasteiger partial charge in [0.05, 0.1) is 23.8 Å². The number of benzene rings is 2. The van der Waals surface area contributed by atoms with E-state index in [4.69, 9.17) is 16.7 Å². The van der Waals surface area contributed by atoms with Crippen LogP contribution in [-0.2, 0) is 18.3 Å². The van der Waals surface area contributed by atoms with E-state index < -0.39 is 5.97 Å². The number of nitrogens with zero attached hydrogens (tertiary/aromatic N) is 3. The lowest BCUT2D eigenvalue weighted by Gasteiger charge is -2.07. The van der Waals surface area contributed by atoms with Crippen molar-refractivity contribution in [1.29, 1.82) is 0 Å². The second kappa shape index (κ2) is 7.37. The number of carboxylic acids is 1. The van der Waals surface area contributed by atoms with Crippen molar-refractivity contribution in [2.24, 2.45) is 7.05 Å². The van der Waals surface area contributed by atoms with Gasteiger partial charge in [-0.25, -0.2) is 0 Å². The van der Waals surface area contributed by atoms with Gasteiger partial charge in [-0.15, -0.1) is 0 Å². The van der Waals surface area contributed by atoms with Crippen molar-refractivity contribution in [3.05, 3.63) is 71.1 Å². The Kier molecular flexibility index (Phi) is 4.91. The Morgan fingerprint density at radius 2 is 2.07 bits per heavy atom. The van der Waals surface area contributed by atoms with E-state index in [0.29, 0.717) is 5.02 Å². The fourth-order valence-corrected chi connectivity index (χ4v) is 4.64. The van der Waals surface area contributed by atoms with Crippen molar-refractivity contribution in [2.45, 2.75) is 23.1 Å². The highest BCUT2D eigenvalue weighted by atomic mass is 35.5. The maximum atomic E-state index is 11.0. The van der Waals surface area contributed by atoms with Crippen LogP contribution in [0.3, 0.4) is 0 Å². The first-order valence-electron chi connectivity index (χ1n) is 8.70. The van der Waals surface area contributed by atoms with Gasteiger partial charge in [0.15, 0.2) is 0 Å². The maximum Gasteiger partial charge on any atom is 0.307 e. The molecule has 2 aromatic heterocycles. The lowest BCUT2D eigenvalue weighted by Crippen LogP contribution is -1.99. The zero-order valence-electron chi connectivity index (χ0n) is 15.4. The summed E-state index contributed by atoms with van der Waals surface area (Å²) < 4.78 is 3.92. The largest absolute Gasteiger partial charge is 0.481 e. The zero-order chi connectivity index (χ0) is 19.8. The molecule has 1 N–H and O–H groups in total. The number of hydrogen-bond acceptors (Lipinski definition) is 3. The van der Waals surface area contributed by atoms with Crippen molar-refractivity contribution >= 4 is 40.2 Å². The summed E-state index contributed by atoms with van der Waals surface area (Å²) in [5.41, 5.74) is 3.86. The predicted octanol–water partition coefficient (Wildman–Crippen LogP) is 5.10. The van der Waals surface area contributed by atoms with E-state index in [1.54, 1.807) is 16.4 Å². The first-order valence-corrected chi connectivity index (χ1v) is 9.90. The molecule has 0 aliphatic carbocycles. The highest BCUT2D eigenvalue weighted by Gasteiger charge is 2.18. The molecule has 0 saturated heterocycles. The molecule has 0 aliphatic rings. The highest BCUT2D eigenvalue weighted by Crippen LogP contribution is 2.40. The lowest BCUT2D eigenvalue weighted by molar-refractivity contribution is -0.136. The molecule has 28 heavy (non-hydrogen) atoms. The van der Waals surface area contributed by atoms with Crippen LogP contribution in [0.25, 0.3) is 16.6 Å². The highest BCUT2D eigenvalue weighted by molar-refractivity contribution is 7.99. The number of halogens is 1. The van der Waals surface area contributed by atoms with Crippen LogP contribution in [0, 0.1) is 6.92 Å². The van der Waals surface area contributed by atoms with Crippen LogP contribution in [0.15, 0.2) is 64.6 Å². The Hall–Kier alpha value is -2.70. The molecule has 2 heterocycles. The molecule has 2 aromatic carbocycles. The van der Waals surface area contributed by atoms with Crippen LogP contribution < -0.4 is 0 Å². The molecule has 0 aliphatic heterocycles. The van der Waals surface area contributed by atoms with E-state index in [1.165, 1.54) is 0 Å². The molecule has 0 fully saturated rings. The van der Waals surface area contributed by atoms with E-state index >= 15 is 0 Å². The van der Waals surface area contributed by atoms with Crippen molar-refractivity contribution in [1.82, 2.24) is 14.3 Å². The number of hydrogen-bond donors (Lipinski definition) is 1. The molecule has 142 valence electrons. The van der Waals surface area contributed by atoms with Gasteiger partial charge in [-0.3, -0.25) is 9.48 Å². The molecule has 4 rings (SSSR count). The second-order valence-electron chi connectivity index (χ2n) is 6.60. The summed E-state index contributed by atoms with van der Waals surface area (Å²) >= 11 is 7.91. The molecule has 0 unspecified atom stereocenters. The fraction of sp³-hybridized carbons (Fsp3) is 0.143. The molecule has 4 aromatic rings. The topological polar surface area (TPSA) is 60.0 Å². The van der Waals surface area contributed by atoms with Crippen molar-refractivity contribution in [3.8, 4) is 5.69 Å². The molecule has 0 radical (unpaired) electrons. The van der Waals surface area contributed by atoms with Gasteiger partial charge in [0.1, 0.15) is 0 Å². The molecule has 0 saturated carbocycles. The molecule has 5 nitrogen and oxygen atoms in total. The third kappa shape index (κ3) is 3.53. The number of aromatic nitrogens is 3. The minimum atomic E-state index is -0.832. The van der Waals surface area contributed by atoms with Crippen LogP contribution in [-0.4, -0.2) is 25.4 Å². The van der Waals surface area contributed by atoms with E-state index in [9.17, 15) is 4.79 Å². The Morgan fingerprint density at radius 3 is 2.79 bits per heavy atom. The molecular formula is C21H18ClN3O2S. The van der Waals surface area contributed by atoms with E-state index in [2.05, 4.69) is 16.6 Å². The Balaban J connectivity index is 1.84. The molecular weight excluding hydrogens is 394 g/mol. The first-order chi connectivity index (χ1) is 13.4. The van der Waals surface area contributed by atoms with Crippen molar-refractivity contribution in [3.63, 3.8) is 0 Å². The summed E-state index contributed by atoms with van der Waals surface area (Å²) in [7, 11) is 1.89. The van der Waals surface area contributed by atoms with Gasteiger partial charge >= 0.3 is 5.97 Å². The van der Waals surface area contributed by atoms with E-state index in [1.807, 2.05) is 61.9 Å². The average molecular weight is 412 g/mol. The number of fused-ring (bicyclic) bond motifs is 1. The SMILES string of the molecule is Cc1c(Sc2cccc(CC(=O)O)c2)c2ccc(Cl)cc2n1-c1cnn(C)c1. The summed E-state index contributed by atoms with van der Waals surface area (Å²) in [6.07, 6.45) is 3.81. The van der Waals surface area contributed by atoms with Crippen LogP contribution >= 0.6 is 23.4 Å². The van der Waals surface area contributed by atoms with Gasteiger partial charge in [0, 0.05) is 39.1 Å². The first kappa shape index (κ1) is 18.7. The van der Waals surface area contributed by atoms with Gasteiger partial charge < -0.3 is 9.67 Å². The average Bonchev–Trinajstić information content (AvgIpc) is 3.16. The van der Waals surface area contributed by atoms with Crippen molar-refractivity contribution < 1.29 is 9.90 Å². The van der Waals surface area contributed by atoms with Gasteiger partial charge in [-0.1, -0.05) is 41.6 Å². The fourth-order valence-electron chi connectivity index (χ4n) is 3.36. The summed E-state index contributed by atoms with van der Waals surface area (Å²) in [6.45, 7) is 2.07. The van der Waals surface area contributed by atoms with Crippen LogP contribution in [0.1, 0.15) is 11.3 Å². The second-order valence-corrected chi connectivity index (χ2v) is 8.12. The summed E-state index contributed by atoms with van der Waals surface area (Å²) in [6, 6.07) is 13.5. The third-order valence-electron chi connectivity index (χ3n) is 4.53. The summed E-state index contributed by atoms with van der Waals surface area (Å²) in [5, 5.41) is 15.1. The molecule has 0 bridgehead atoms. The standard InChI is InChI=1S/C21H18ClN3O2S/c1-13-21(28-17-5-3-4-14(8-17)9-20(26)27)18-7-6-15(22)10-19(18)25(13)16-11-23-24(2)12-16/h3-8,10-12H,9H2,1-2H3,(H,26,27). The lowest BCUT2D eigenvalue weighted by atomic mass is 10.2. The van der Waals surface area contributed by atoms with Gasteiger partial charge in [0.2, 0.25) is 0 Å². The Morgan fingerprint density at radius 1 is 1.25 bits per heavy atom. The number of aryl methyl sites for hydroxylation is 1. The van der Waals surface area contributed by atoms with Gasteiger partial charge in [0.25, 0.3) is 0 Å². The smallest absolute Gasteiger partial charge is 0.307 e. The zero-order valence-corrected chi connectivity index (χ0v) is 17.0. The molecule has 7 heteroatoms. The number of carbonyl (C=O) groups is 1. The van der Waals surface area contributed by atoms with Gasteiger partial charge in [-0.05, 0) is 36.8 Å². The number of carboxylic acid groups (broad SMARTS) is 1. The summed E-state index contributed by atoms with van der Waals surface area (Å²) in [4.78, 5) is 13.1. The number of aliphatic carboxylic acids is 1. The minimum absolute atomic E-state index is 0.0143. The molecule has 0 spiro atoms. The quantitative estimate of drug-likeness (QED) is 0.496. The summed E-state index contributed by atoms with van der Waals surface area (Å²) in [5.74, 6) is -0.832. The van der Waals surface area contributed by atoms with Gasteiger partial charge in [-0.2, -0.15) is 5.10 Å². The van der Waals surface area contributed by atoms with Crippen LogP contribution in [0.2, 0.25) is 5.02 Å². The minimum Gasteiger partial charge on any atom is -0.481 e. The molecule has 0 atom stereocenters. The maximum absolute atomic E-state index is 11.0. The monoisotopic (exact) mass is 411 g/mol. The van der Waals surface area contributed by atoms with Crippen LogP contribution in [0.4, 0.5) is 0 Å². The molecule has 0 amide bonds. The van der Waals surface area contributed by atoms with E-state index in [-0.39, 0.29) is 6.42 Å². The normalized spacial score (nSPS) is 11.2. The van der Waals surface area contributed by atoms with Crippen molar-refractivity contribution in [2.75, 3.05) is 0 Å². The Bertz CT molecular complexity index is 1200.